The molecule has 1 amide bonds. The highest BCUT2D eigenvalue weighted by molar-refractivity contribution is 5.76. The number of carbonyl (C=O) groups is 1. The fourth-order valence-corrected chi connectivity index (χ4v) is 2.74. The molecule has 122 valence electrons. The molecule has 1 aromatic heterocycles. The van der Waals surface area contributed by atoms with Gasteiger partial charge in [-0.25, -0.2) is 8.78 Å². The number of aryl methyl sites for hydroxylation is 2. The highest BCUT2D eigenvalue weighted by Crippen LogP contribution is 2.41. The third kappa shape index (κ3) is 3.94. The second kappa shape index (κ2) is 6.48. The molecule has 0 saturated heterocycles. The summed E-state index contributed by atoms with van der Waals surface area (Å²) in [5, 5.41) is 6.92. The van der Waals surface area contributed by atoms with Gasteiger partial charge in [-0.05, 0) is 48.9 Å². The third-order valence-electron chi connectivity index (χ3n) is 4.10. The predicted molar refractivity (Wildman–Crippen MR) is 81.5 cm³/mol. The maximum absolute atomic E-state index is 14.0. The number of nitrogens with zero attached hydrogens (tertiary/aromatic N) is 2. The molecule has 1 aliphatic carbocycles. The van der Waals surface area contributed by atoms with Crippen molar-refractivity contribution in [2.75, 3.05) is 0 Å². The van der Waals surface area contributed by atoms with Crippen molar-refractivity contribution in [3.63, 3.8) is 0 Å². The first kappa shape index (κ1) is 15.6. The summed E-state index contributed by atoms with van der Waals surface area (Å²) in [4.78, 5) is 12.2. The van der Waals surface area contributed by atoms with Crippen molar-refractivity contribution in [1.29, 1.82) is 0 Å². The second-order valence-electron chi connectivity index (χ2n) is 6.07. The summed E-state index contributed by atoms with van der Waals surface area (Å²) in [6.45, 7) is 0. The molecule has 0 aliphatic heterocycles. The van der Waals surface area contributed by atoms with Gasteiger partial charge in [0, 0.05) is 25.2 Å². The van der Waals surface area contributed by atoms with Crippen LogP contribution in [0.5, 0.6) is 0 Å². The minimum atomic E-state index is -0.489. The lowest BCUT2D eigenvalue weighted by Gasteiger charge is -2.19. The first-order valence-corrected chi connectivity index (χ1v) is 7.75. The Morgan fingerprint density at radius 1 is 1.43 bits per heavy atom. The van der Waals surface area contributed by atoms with Gasteiger partial charge < -0.3 is 5.32 Å². The SMILES string of the molecule is Cn1cc(CCC(=O)NC(c2cc(F)ccc2F)C2CC2)cn1. The molecule has 1 unspecified atom stereocenters. The van der Waals surface area contributed by atoms with Gasteiger partial charge in [0.05, 0.1) is 12.2 Å². The van der Waals surface area contributed by atoms with E-state index in [1.807, 2.05) is 13.2 Å². The van der Waals surface area contributed by atoms with E-state index in [9.17, 15) is 13.6 Å². The number of nitrogens with one attached hydrogen (secondary N) is 1. The van der Waals surface area contributed by atoms with Crippen LogP contribution in [-0.2, 0) is 18.3 Å². The Bertz CT molecular complexity index is 710. The zero-order chi connectivity index (χ0) is 16.4. The van der Waals surface area contributed by atoms with Gasteiger partial charge in [0.2, 0.25) is 5.91 Å². The van der Waals surface area contributed by atoms with Crippen LogP contribution in [0.3, 0.4) is 0 Å². The van der Waals surface area contributed by atoms with Gasteiger partial charge in [-0.15, -0.1) is 0 Å². The van der Waals surface area contributed by atoms with Crippen LogP contribution in [-0.4, -0.2) is 15.7 Å². The molecule has 1 N–H and O–H groups in total. The van der Waals surface area contributed by atoms with Gasteiger partial charge >= 0.3 is 0 Å². The summed E-state index contributed by atoms with van der Waals surface area (Å²) < 4.78 is 29.1. The Hall–Kier alpha value is -2.24. The number of benzene rings is 1. The largest absolute Gasteiger partial charge is 0.349 e. The lowest BCUT2D eigenvalue weighted by atomic mass is 10.0. The summed E-state index contributed by atoms with van der Waals surface area (Å²) in [5.74, 6) is -0.935. The zero-order valence-electron chi connectivity index (χ0n) is 12.9. The fraction of sp³-hybridized carbons (Fsp3) is 0.412. The van der Waals surface area contributed by atoms with Crippen LogP contribution in [0.15, 0.2) is 30.6 Å². The average molecular weight is 319 g/mol. The van der Waals surface area contributed by atoms with E-state index in [-0.39, 0.29) is 17.4 Å². The van der Waals surface area contributed by atoms with Crippen molar-refractivity contribution in [3.8, 4) is 0 Å². The van der Waals surface area contributed by atoms with Gasteiger partial charge in [-0.2, -0.15) is 5.10 Å². The van der Waals surface area contributed by atoms with Gasteiger partial charge in [-0.3, -0.25) is 9.48 Å². The molecule has 0 bridgehead atoms. The molecular weight excluding hydrogens is 300 g/mol. The molecule has 3 rings (SSSR count). The predicted octanol–water partition coefficient (Wildman–Crippen LogP) is 2.90. The van der Waals surface area contributed by atoms with Gasteiger partial charge in [-0.1, -0.05) is 0 Å². The lowest BCUT2D eigenvalue weighted by Crippen LogP contribution is -2.30. The number of rotatable bonds is 6. The van der Waals surface area contributed by atoms with E-state index < -0.39 is 17.7 Å². The Kier molecular flexibility index (Phi) is 4.41. The van der Waals surface area contributed by atoms with Crippen LogP contribution in [0.4, 0.5) is 8.78 Å². The molecule has 1 heterocycles. The molecule has 1 atom stereocenters. The van der Waals surface area contributed by atoms with Crippen LogP contribution in [0.2, 0.25) is 0 Å². The van der Waals surface area contributed by atoms with Crippen molar-refractivity contribution in [3.05, 3.63) is 53.4 Å². The van der Waals surface area contributed by atoms with Crippen molar-refractivity contribution in [2.45, 2.75) is 31.7 Å². The topological polar surface area (TPSA) is 46.9 Å². The van der Waals surface area contributed by atoms with E-state index in [1.54, 1.807) is 10.9 Å². The van der Waals surface area contributed by atoms with E-state index in [4.69, 9.17) is 0 Å². The normalized spacial score (nSPS) is 15.4. The van der Waals surface area contributed by atoms with Crippen molar-refractivity contribution in [1.82, 2.24) is 15.1 Å². The van der Waals surface area contributed by atoms with Gasteiger partial charge in [0.25, 0.3) is 0 Å². The number of aromatic nitrogens is 2. The Labute approximate surface area is 133 Å². The Morgan fingerprint density at radius 3 is 2.87 bits per heavy atom. The third-order valence-corrected chi connectivity index (χ3v) is 4.10. The maximum atomic E-state index is 14.0. The van der Waals surface area contributed by atoms with Crippen LogP contribution in [0.25, 0.3) is 0 Å². The van der Waals surface area contributed by atoms with Gasteiger partial charge in [0.1, 0.15) is 11.6 Å². The van der Waals surface area contributed by atoms with Gasteiger partial charge in [0.15, 0.2) is 0 Å². The summed E-state index contributed by atoms with van der Waals surface area (Å²) in [6.07, 6.45) is 6.29. The minimum Gasteiger partial charge on any atom is -0.349 e. The molecule has 1 aromatic carbocycles. The van der Waals surface area contributed by atoms with Crippen LogP contribution < -0.4 is 5.32 Å². The fourth-order valence-electron chi connectivity index (χ4n) is 2.74. The molecule has 23 heavy (non-hydrogen) atoms. The van der Waals surface area contributed by atoms with Crippen molar-refractivity contribution in [2.24, 2.45) is 13.0 Å². The Balaban J connectivity index is 1.65. The molecule has 0 radical (unpaired) electrons. The molecule has 0 spiro atoms. The van der Waals surface area contributed by atoms with Crippen molar-refractivity contribution >= 4 is 5.91 Å². The summed E-state index contributed by atoms with van der Waals surface area (Å²) in [5.41, 5.74) is 1.21. The molecule has 1 aliphatic rings. The number of hydrogen-bond acceptors (Lipinski definition) is 2. The quantitative estimate of drug-likeness (QED) is 0.890. The highest BCUT2D eigenvalue weighted by Gasteiger charge is 2.35. The molecule has 1 fully saturated rings. The zero-order valence-corrected chi connectivity index (χ0v) is 12.9. The Morgan fingerprint density at radius 2 is 2.22 bits per heavy atom. The first-order chi connectivity index (χ1) is 11.0. The lowest BCUT2D eigenvalue weighted by molar-refractivity contribution is -0.122. The van der Waals surface area contributed by atoms with Crippen LogP contribution in [0, 0.1) is 17.6 Å². The van der Waals surface area contributed by atoms with Crippen LogP contribution in [0.1, 0.15) is 36.4 Å². The van der Waals surface area contributed by atoms with E-state index in [0.29, 0.717) is 12.8 Å². The number of hydrogen-bond donors (Lipinski definition) is 1. The average Bonchev–Trinajstić information content (AvgIpc) is 3.27. The standard InChI is InChI=1S/C17H19F2N3O/c1-22-10-11(9-20-22)2-7-16(23)21-17(12-3-4-12)14-8-13(18)5-6-15(14)19/h5-6,8-10,12,17H,2-4,7H2,1H3,(H,21,23). The van der Waals surface area contributed by atoms with E-state index in [1.165, 1.54) is 6.07 Å². The molecular formula is C17H19F2N3O. The molecule has 1 saturated carbocycles. The smallest absolute Gasteiger partial charge is 0.220 e. The van der Waals surface area contributed by atoms with Crippen molar-refractivity contribution < 1.29 is 13.6 Å². The summed E-state index contributed by atoms with van der Waals surface area (Å²) in [7, 11) is 1.82. The number of amides is 1. The van der Waals surface area contributed by atoms with E-state index in [2.05, 4.69) is 10.4 Å². The summed E-state index contributed by atoms with van der Waals surface area (Å²) >= 11 is 0. The van der Waals surface area contributed by atoms with Crippen LogP contribution >= 0.6 is 0 Å². The van der Waals surface area contributed by atoms with E-state index >= 15 is 0 Å². The number of carbonyl (C=O) groups excluding carboxylic acids is 1. The van der Waals surface area contributed by atoms with E-state index in [0.717, 1.165) is 30.5 Å². The maximum Gasteiger partial charge on any atom is 0.220 e. The number of halogens is 2. The first-order valence-electron chi connectivity index (χ1n) is 7.75. The second-order valence-corrected chi connectivity index (χ2v) is 6.07. The monoisotopic (exact) mass is 319 g/mol. The minimum absolute atomic E-state index is 0.158. The molecule has 4 nitrogen and oxygen atoms in total. The molecule has 2 aromatic rings. The summed E-state index contributed by atoms with van der Waals surface area (Å²) in [6, 6.07) is 2.93. The molecule has 6 heteroatoms. The highest BCUT2D eigenvalue weighted by atomic mass is 19.1.